The second kappa shape index (κ2) is 2.59. The smallest absolute Gasteiger partial charge is 0.160 e. The van der Waals surface area contributed by atoms with Gasteiger partial charge in [0.25, 0.3) is 0 Å². The van der Waals surface area contributed by atoms with Crippen molar-refractivity contribution in [2.75, 3.05) is 0 Å². The average molecular weight is 158 g/mol. The van der Waals surface area contributed by atoms with Crippen LogP contribution in [0.3, 0.4) is 0 Å². The molecule has 1 heterocycles. The number of carbonyl (C=O) groups excluding carboxylic acids is 1. The Kier molecular flexibility index (Phi) is 1.99. The first-order valence-electron chi connectivity index (χ1n) is 2.55. The number of carbonyl (C=O) groups is 1. The lowest BCUT2D eigenvalue weighted by Gasteiger charge is -1.78. The van der Waals surface area contributed by atoms with E-state index in [1.54, 1.807) is 0 Å². The molecule has 0 fully saturated rings. The predicted octanol–water partition coefficient (Wildman–Crippen LogP) is 1.37. The Bertz CT molecular complexity index is 229. The van der Waals surface area contributed by atoms with Crippen LogP contribution in [0.15, 0.2) is 6.07 Å². The van der Waals surface area contributed by atoms with Crippen molar-refractivity contribution in [2.45, 2.75) is 6.92 Å². The maximum absolute atomic E-state index is 10.2. The van der Waals surface area contributed by atoms with Crippen LogP contribution in [-0.2, 0) is 0 Å². The van der Waals surface area contributed by atoms with Crippen LogP contribution in [0.25, 0.3) is 0 Å². The second-order valence-electron chi connectivity index (χ2n) is 1.81. The highest BCUT2D eigenvalue weighted by atomic mass is 32.1. The van der Waals surface area contributed by atoms with Crippen molar-refractivity contribution in [3.63, 3.8) is 0 Å². The van der Waals surface area contributed by atoms with E-state index >= 15 is 0 Å². The van der Waals surface area contributed by atoms with E-state index in [2.05, 4.69) is 9.24 Å². The summed E-state index contributed by atoms with van der Waals surface area (Å²) in [5, 5.41) is 0. The van der Waals surface area contributed by atoms with Crippen molar-refractivity contribution in [3.05, 3.63) is 16.5 Å². The Hall–Kier alpha value is -0.200. The Balaban J connectivity index is 3.15. The maximum atomic E-state index is 10.2. The van der Waals surface area contributed by atoms with Crippen LogP contribution in [-0.4, -0.2) is 6.29 Å². The van der Waals surface area contributed by atoms with Crippen molar-refractivity contribution in [1.82, 2.24) is 0 Å². The lowest BCUT2D eigenvalue weighted by atomic mass is 10.3. The Morgan fingerprint density at radius 2 is 2.44 bits per heavy atom. The third-order valence-corrected chi connectivity index (χ3v) is 2.59. The SMILES string of the molecule is Cc1cc(P)sc1C=O. The van der Waals surface area contributed by atoms with Crippen molar-refractivity contribution in [2.24, 2.45) is 0 Å². The van der Waals surface area contributed by atoms with E-state index in [1.165, 1.54) is 11.3 Å². The van der Waals surface area contributed by atoms with Crippen LogP contribution in [0.5, 0.6) is 0 Å². The molecule has 48 valence electrons. The summed E-state index contributed by atoms with van der Waals surface area (Å²) in [6.07, 6.45) is 0.896. The van der Waals surface area contributed by atoms with Crippen LogP contribution in [0, 0.1) is 6.92 Å². The fourth-order valence-corrected chi connectivity index (χ4v) is 2.03. The summed E-state index contributed by atoms with van der Waals surface area (Å²) in [5.41, 5.74) is 1.07. The van der Waals surface area contributed by atoms with E-state index in [0.717, 1.165) is 21.3 Å². The van der Waals surface area contributed by atoms with Gasteiger partial charge < -0.3 is 0 Å². The number of aryl methyl sites for hydroxylation is 1. The third-order valence-electron chi connectivity index (χ3n) is 1.08. The zero-order valence-corrected chi connectivity index (χ0v) is 7.02. The molecule has 0 bridgehead atoms. The van der Waals surface area contributed by atoms with Gasteiger partial charge in [0.05, 0.1) is 4.88 Å². The molecule has 0 radical (unpaired) electrons. The predicted molar refractivity (Wildman–Crippen MR) is 43.8 cm³/mol. The molecular weight excluding hydrogens is 151 g/mol. The first-order valence-corrected chi connectivity index (χ1v) is 3.94. The lowest BCUT2D eigenvalue weighted by Crippen LogP contribution is -1.72. The topological polar surface area (TPSA) is 17.1 Å². The van der Waals surface area contributed by atoms with E-state index in [-0.39, 0.29) is 0 Å². The van der Waals surface area contributed by atoms with Crippen LogP contribution >= 0.6 is 20.6 Å². The van der Waals surface area contributed by atoms with E-state index in [4.69, 9.17) is 0 Å². The van der Waals surface area contributed by atoms with Gasteiger partial charge in [-0.15, -0.1) is 11.3 Å². The van der Waals surface area contributed by atoms with Crippen molar-refractivity contribution >= 4 is 31.5 Å². The molecule has 1 atom stereocenters. The number of rotatable bonds is 1. The highest BCUT2D eigenvalue weighted by Crippen LogP contribution is 2.12. The summed E-state index contributed by atoms with van der Waals surface area (Å²) < 4.78 is 1.12. The van der Waals surface area contributed by atoms with E-state index in [0.29, 0.717) is 0 Å². The van der Waals surface area contributed by atoms with Crippen LogP contribution < -0.4 is 4.62 Å². The van der Waals surface area contributed by atoms with Crippen molar-refractivity contribution < 1.29 is 4.79 Å². The van der Waals surface area contributed by atoms with E-state index in [9.17, 15) is 4.79 Å². The molecule has 0 amide bonds. The second-order valence-corrected chi connectivity index (χ2v) is 3.97. The molecule has 0 spiro atoms. The summed E-state index contributed by atoms with van der Waals surface area (Å²) in [5.74, 6) is 0. The van der Waals surface area contributed by atoms with Crippen molar-refractivity contribution in [3.8, 4) is 0 Å². The minimum Gasteiger partial charge on any atom is -0.297 e. The minimum absolute atomic E-state index is 0.833. The highest BCUT2D eigenvalue weighted by molar-refractivity contribution is 7.43. The van der Waals surface area contributed by atoms with Gasteiger partial charge in [0, 0.05) is 4.62 Å². The molecule has 1 unspecified atom stereocenters. The van der Waals surface area contributed by atoms with Crippen LogP contribution in [0.2, 0.25) is 0 Å². The quantitative estimate of drug-likeness (QED) is 0.445. The molecule has 3 heteroatoms. The summed E-state index contributed by atoms with van der Waals surface area (Å²) in [6.45, 7) is 1.94. The van der Waals surface area contributed by atoms with E-state index < -0.39 is 0 Å². The Morgan fingerprint density at radius 1 is 1.78 bits per heavy atom. The summed E-state index contributed by atoms with van der Waals surface area (Å²) in [4.78, 5) is 11.1. The van der Waals surface area contributed by atoms with Gasteiger partial charge in [0.15, 0.2) is 6.29 Å². The molecule has 0 aliphatic rings. The average Bonchev–Trinajstić information content (AvgIpc) is 2.10. The number of thiophene rings is 1. The molecule has 0 N–H and O–H groups in total. The van der Waals surface area contributed by atoms with Gasteiger partial charge in [-0.2, -0.15) is 0 Å². The summed E-state index contributed by atoms with van der Waals surface area (Å²) in [7, 11) is 2.57. The molecule has 1 nitrogen and oxygen atoms in total. The molecule has 0 saturated heterocycles. The number of aldehydes is 1. The monoisotopic (exact) mass is 158 g/mol. The molecule has 0 aliphatic carbocycles. The van der Waals surface area contributed by atoms with Gasteiger partial charge >= 0.3 is 0 Å². The standard InChI is InChI=1S/C6H7OPS/c1-4-2-6(8)9-5(4)3-7/h2-3H,8H2,1H3. The molecule has 1 aromatic rings. The zero-order valence-electron chi connectivity index (χ0n) is 5.05. The molecule has 0 aromatic carbocycles. The number of hydrogen-bond donors (Lipinski definition) is 0. The largest absolute Gasteiger partial charge is 0.297 e. The Labute approximate surface area is 60.3 Å². The third kappa shape index (κ3) is 1.38. The Morgan fingerprint density at radius 3 is 2.67 bits per heavy atom. The van der Waals surface area contributed by atoms with Gasteiger partial charge in [-0.3, -0.25) is 4.79 Å². The van der Waals surface area contributed by atoms with Gasteiger partial charge in [0.2, 0.25) is 0 Å². The normalized spacial score (nSPS) is 9.56. The van der Waals surface area contributed by atoms with Crippen LogP contribution in [0.1, 0.15) is 15.2 Å². The lowest BCUT2D eigenvalue weighted by molar-refractivity contribution is 0.112. The highest BCUT2D eigenvalue weighted by Gasteiger charge is 1.98. The van der Waals surface area contributed by atoms with Crippen LogP contribution in [0.4, 0.5) is 0 Å². The molecule has 0 saturated carbocycles. The molecule has 1 rings (SSSR count). The molecule has 1 aromatic heterocycles. The number of hydrogen-bond acceptors (Lipinski definition) is 2. The van der Waals surface area contributed by atoms with Gasteiger partial charge in [-0.25, -0.2) is 0 Å². The maximum Gasteiger partial charge on any atom is 0.160 e. The van der Waals surface area contributed by atoms with Gasteiger partial charge in [0.1, 0.15) is 0 Å². The van der Waals surface area contributed by atoms with E-state index in [1.807, 2.05) is 13.0 Å². The summed E-state index contributed by atoms with van der Waals surface area (Å²) >= 11 is 1.51. The molecular formula is C6H7OPS. The van der Waals surface area contributed by atoms with Crippen molar-refractivity contribution in [1.29, 1.82) is 0 Å². The van der Waals surface area contributed by atoms with Gasteiger partial charge in [-0.1, -0.05) is 9.24 Å². The fraction of sp³-hybridized carbons (Fsp3) is 0.167. The molecule has 0 aliphatic heterocycles. The van der Waals surface area contributed by atoms with Gasteiger partial charge in [-0.05, 0) is 18.6 Å². The zero-order chi connectivity index (χ0) is 6.85. The first-order chi connectivity index (χ1) is 4.24. The minimum atomic E-state index is 0.833. The molecule has 9 heavy (non-hydrogen) atoms. The summed E-state index contributed by atoms with van der Waals surface area (Å²) in [6, 6.07) is 1.99. The fourth-order valence-electron chi connectivity index (χ4n) is 0.638. The first kappa shape index (κ1) is 6.91.